The number of rotatable bonds is 8. The van der Waals surface area contributed by atoms with Crippen molar-refractivity contribution in [2.24, 2.45) is 0 Å². The van der Waals surface area contributed by atoms with Crippen molar-refractivity contribution in [1.82, 2.24) is 0 Å². The molecular formula is C33H28O4. The van der Waals surface area contributed by atoms with Gasteiger partial charge in [-0.25, -0.2) is 9.59 Å². The smallest absolute Gasteiger partial charge is 0.336 e. The summed E-state index contributed by atoms with van der Waals surface area (Å²) in [6.45, 7) is 4.22. The maximum atomic E-state index is 12.2. The van der Waals surface area contributed by atoms with Gasteiger partial charge in [0.15, 0.2) is 0 Å². The third-order valence-corrected chi connectivity index (χ3v) is 6.01. The Bertz CT molecular complexity index is 1270. The molecule has 0 saturated carbocycles. The van der Waals surface area contributed by atoms with E-state index in [1.807, 2.05) is 84.9 Å². The molecule has 4 heteroatoms. The standard InChI is InChI=1S/C33H28O4/c1-33(2,27-15-19-29(20-16-27)36-31(34)23-13-25-9-5-3-6-10-25)28-17-21-30(22-18-28)37-32(35)24-14-26-11-7-4-8-12-26/h3-24H,1-2H3/b23-13+,24-14+. The van der Waals surface area contributed by atoms with E-state index in [9.17, 15) is 9.59 Å². The lowest BCUT2D eigenvalue weighted by atomic mass is 9.78. The van der Waals surface area contributed by atoms with Crippen molar-refractivity contribution in [2.75, 3.05) is 0 Å². The minimum Gasteiger partial charge on any atom is -0.423 e. The SMILES string of the molecule is CC(C)(c1ccc(OC(=O)/C=C/c2ccccc2)cc1)c1ccc(OC(=O)/C=C/c2ccccc2)cc1. The van der Waals surface area contributed by atoms with Gasteiger partial charge in [0.25, 0.3) is 0 Å². The van der Waals surface area contributed by atoms with Crippen LogP contribution in [-0.2, 0) is 15.0 Å². The minimum atomic E-state index is -0.431. The van der Waals surface area contributed by atoms with E-state index in [2.05, 4.69) is 13.8 Å². The topological polar surface area (TPSA) is 52.6 Å². The van der Waals surface area contributed by atoms with Gasteiger partial charge < -0.3 is 9.47 Å². The summed E-state index contributed by atoms with van der Waals surface area (Å²) < 4.78 is 10.9. The van der Waals surface area contributed by atoms with Gasteiger partial charge in [-0.2, -0.15) is 0 Å². The maximum absolute atomic E-state index is 12.2. The van der Waals surface area contributed by atoms with Crippen molar-refractivity contribution >= 4 is 24.1 Å². The van der Waals surface area contributed by atoms with Crippen molar-refractivity contribution in [2.45, 2.75) is 19.3 Å². The summed E-state index contributed by atoms with van der Waals surface area (Å²) >= 11 is 0. The van der Waals surface area contributed by atoms with Crippen molar-refractivity contribution in [1.29, 1.82) is 0 Å². The van der Waals surface area contributed by atoms with Crippen molar-refractivity contribution in [3.05, 3.63) is 144 Å². The fourth-order valence-corrected chi connectivity index (χ4v) is 3.80. The molecule has 0 N–H and O–H groups in total. The second-order valence-electron chi connectivity index (χ2n) is 9.00. The van der Waals surface area contributed by atoms with Gasteiger partial charge in [0, 0.05) is 17.6 Å². The van der Waals surface area contributed by atoms with Gasteiger partial charge in [-0.1, -0.05) is 98.8 Å². The summed E-state index contributed by atoms with van der Waals surface area (Å²) in [7, 11) is 0. The van der Waals surface area contributed by atoms with Gasteiger partial charge in [0.05, 0.1) is 0 Å². The Morgan fingerprint density at radius 2 is 0.892 bits per heavy atom. The molecule has 0 aliphatic heterocycles. The van der Waals surface area contributed by atoms with E-state index >= 15 is 0 Å². The van der Waals surface area contributed by atoms with Crippen molar-refractivity contribution in [3.63, 3.8) is 0 Å². The van der Waals surface area contributed by atoms with Crippen LogP contribution in [0, 0.1) is 0 Å². The third-order valence-electron chi connectivity index (χ3n) is 6.01. The van der Waals surface area contributed by atoms with Crippen LogP contribution >= 0.6 is 0 Å². The Morgan fingerprint density at radius 1 is 0.541 bits per heavy atom. The monoisotopic (exact) mass is 488 g/mol. The molecule has 0 atom stereocenters. The van der Waals surface area contributed by atoms with E-state index in [1.165, 1.54) is 12.2 Å². The zero-order valence-electron chi connectivity index (χ0n) is 20.8. The highest BCUT2D eigenvalue weighted by Gasteiger charge is 2.23. The van der Waals surface area contributed by atoms with Crippen molar-refractivity contribution in [3.8, 4) is 11.5 Å². The number of carbonyl (C=O) groups excluding carboxylic acids is 2. The Balaban J connectivity index is 1.36. The van der Waals surface area contributed by atoms with Crippen LogP contribution in [0.5, 0.6) is 11.5 Å². The molecule has 0 fully saturated rings. The molecule has 184 valence electrons. The van der Waals surface area contributed by atoms with E-state index in [0.717, 1.165) is 22.3 Å². The fourth-order valence-electron chi connectivity index (χ4n) is 3.80. The largest absolute Gasteiger partial charge is 0.423 e. The first-order valence-corrected chi connectivity index (χ1v) is 12.0. The van der Waals surface area contributed by atoms with E-state index in [-0.39, 0.29) is 5.41 Å². The average molecular weight is 489 g/mol. The van der Waals surface area contributed by atoms with Crippen LogP contribution in [0.3, 0.4) is 0 Å². The van der Waals surface area contributed by atoms with E-state index in [4.69, 9.17) is 9.47 Å². The number of esters is 2. The van der Waals surface area contributed by atoms with Crippen LogP contribution in [0.15, 0.2) is 121 Å². The lowest BCUT2D eigenvalue weighted by Gasteiger charge is -2.26. The van der Waals surface area contributed by atoms with Gasteiger partial charge >= 0.3 is 11.9 Å². The van der Waals surface area contributed by atoms with Gasteiger partial charge in [-0.3, -0.25) is 0 Å². The molecule has 0 bridgehead atoms. The van der Waals surface area contributed by atoms with Gasteiger partial charge in [-0.05, 0) is 58.7 Å². The molecule has 0 unspecified atom stereocenters. The zero-order chi connectivity index (χ0) is 26.1. The molecule has 0 radical (unpaired) electrons. The molecule has 4 aromatic carbocycles. The van der Waals surface area contributed by atoms with E-state index < -0.39 is 11.9 Å². The summed E-state index contributed by atoms with van der Waals surface area (Å²) in [5.41, 5.74) is 3.66. The number of hydrogen-bond acceptors (Lipinski definition) is 4. The molecule has 4 rings (SSSR count). The Hall–Kier alpha value is -4.70. The molecular weight excluding hydrogens is 460 g/mol. The number of ether oxygens (including phenoxy) is 2. The van der Waals surface area contributed by atoms with Crippen LogP contribution in [0.2, 0.25) is 0 Å². The Kier molecular flexibility index (Phi) is 8.11. The lowest BCUT2D eigenvalue weighted by molar-refractivity contribution is -0.129. The first kappa shape index (κ1) is 25.4. The summed E-state index contributed by atoms with van der Waals surface area (Å²) in [6, 6.07) is 34.1. The van der Waals surface area contributed by atoms with Crippen LogP contribution in [-0.4, -0.2) is 11.9 Å². The highest BCUT2D eigenvalue weighted by atomic mass is 16.5. The van der Waals surface area contributed by atoms with Crippen LogP contribution in [0.25, 0.3) is 12.2 Å². The summed E-state index contributed by atoms with van der Waals surface area (Å²) in [4.78, 5) is 24.3. The molecule has 0 saturated heterocycles. The number of carbonyl (C=O) groups is 2. The molecule has 0 amide bonds. The quantitative estimate of drug-likeness (QED) is 0.149. The van der Waals surface area contributed by atoms with Crippen LogP contribution in [0.4, 0.5) is 0 Å². The highest BCUT2D eigenvalue weighted by molar-refractivity contribution is 5.89. The summed E-state index contributed by atoms with van der Waals surface area (Å²) in [5, 5.41) is 0. The van der Waals surface area contributed by atoms with Gasteiger partial charge in [0.2, 0.25) is 0 Å². The Labute approximate surface area is 217 Å². The minimum absolute atomic E-state index is 0.314. The third kappa shape index (κ3) is 7.15. The fraction of sp³-hybridized carbons (Fsp3) is 0.0909. The zero-order valence-corrected chi connectivity index (χ0v) is 20.8. The number of hydrogen-bond donors (Lipinski definition) is 0. The summed E-state index contributed by atoms with van der Waals surface area (Å²) in [5.74, 6) is 0.0976. The second-order valence-corrected chi connectivity index (χ2v) is 9.00. The van der Waals surface area contributed by atoms with E-state index in [1.54, 1.807) is 36.4 Å². The predicted molar refractivity (Wildman–Crippen MR) is 147 cm³/mol. The number of benzene rings is 4. The van der Waals surface area contributed by atoms with Crippen LogP contribution in [0.1, 0.15) is 36.1 Å². The molecule has 37 heavy (non-hydrogen) atoms. The molecule has 0 aliphatic rings. The molecule has 0 heterocycles. The first-order valence-electron chi connectivity index (χ1n) is 12.0. The Morgan fingerprint density at radius 3 is 1.24 bits per heavy atom. The maximum Gasteiger partial charge on any atom is 0.336 e. The molecule has 0 spiro atoms. The van der Waals surface area contributed by atoms with Gasteiger partial charge in [0.1, 0.15) is 11.5 Å². The second kappa shape index (κ2) is 11.8. The lowest BCUT2D eigenvalue weighted by Crippen LogP contribution is -2.18. The van der Waals surface area contributed by atoms with Gasteiger partial charge in [-0.15, -0.1) is 0 Å². The highest BCUT2D eigenvalue weighted by Crippen LogP contribution is 2.33. The molecule has 0 aliphatic carbocycles. The summed E-state index contributed by atoms with van der Waals surface area (Å²) in [6.07, 6.45) is 6.28. The molecule has 4 nitrogen and oxygen atoms in total. The van der Waals surface area contributed by atoms with E-state index in [0.29, 0.717) is 11.5 Å². The van der Waals surface area contributed by atoms with Crippen LogP contribution < -0.4 is 9.47 Å². The average Bonchev–Trinajstić information content (AvgIpc) is 2.92. The first-order chi connectivity index (χ1) is 17.9. The normalized spacial score (nSPS) is 11.5. The molecule has 0 aromatic heterocycles. The van der Waals surface area contributed by atoms with Crippen molar-refractivity contribution < 1.29 is 19.1 Å². The molecule has 4 aromatic rings. The predicted octanol–water partition coefficient (Wildman–Crippen LogP) is 7.25.